The molecule has 3 aliphatic rings. The molecule has 0 aliphatic heterocycles. The molecule has 0 bridgehead atoms. The van der Waals surface area contributed by atoms with E-state index in [9.17, 15) is 0 Å². The van der Waals surface area contributed by atoms with Gasteiger partial charge in [0.2, 0.25) is 0 Å². The molecule has 2 atom stereocenters. The van der Waals surface area contributed by atoms with E-state index in [1.165, 1.54) is 31.2 Å². The summed E-state index contributed by atoms with van der Waals surface area (Å²) in [4.78, 5) is 0. The third-order valence-electron chi connectivity index (χ3n) is 7.07. The second kappa shape index (κ2) is 8.63. The van der Waals surface area contributed by atoms with E-state index in [0.717, 1.165) is 3.63 Å². The van der Waals surface area contributed by atoms with Crippen LogP contribution in [-0.4, -0.2) is 0 Å². The normalized spacial score (nSPS) is 20.9. The molecule has 2 aromatic carbocycles. The van der Waals surface area contributed by atoms with E-state index in [1.54, 1.807) is 22.3 Å². The van der Waals surface area contributed by atoms with Crippen LogP contribution in [0.1, 0.15) is 71.3 Å². The Hall–Kier alpha value is -0.617. The van der Waals surface area contributed by atoms with Crippen molar-refractivity contribution in [3.63, 3.8) is 0 Å². The SMILES string of the molecule is CC[C](CC)([Zr+2][CH]1C2=C(CC2)c2ccccc21)C1C=Cc2ccccc21.[Cl-].[Cl-]. The summed E-state index contributed by atoms with van der Waals surface area (Å²) in [6, 6.07) is 18.4. The van der Waals surface area contributed by atoms with Gasteiger partial charge in [-0.25, -0.2) is 0 Å². The zero-order valence-corrected chi connectivity index (χ0v) is 20.5. The van der Waals surface area contributed by atoms with Gasteiger partial charge in [0.05, 0.1) is 0 Å². The van der Waals surface area contributed by atoms with E-state index in [2.05, 4.69) is 74.5 Å². The molecule has 5 rings (SSSR count). The number of fused-ring (bicyclic) bond motifs is 3. The van der Waals surface area contributed by atoms with Gasteiger partial charge in [-0.1, -0.05) is 0 Å². The number of halogens is 2. The molecule has 0 nitrogen and oxygen atoms in total. The Morgan fingerprint density at radius 3 is 2.25 bits per heavy atom. The van der Waals surface area contributed by atoms with Crippen molar-refractivity contribution in [1.82, 2.24) is 0 Å². The van der Waals surface area contributed by atoms with Gasteiger partial charge in [-0.05, 0) is 0 Å². The van der Waals surface area contributed by atoms with Crippen molar-refractivity contribution in [2.24, 2.45) is 0 Å². The predicted molar refractivity (Wildman–Crippen MR) is 107 cm³/mol. The van der Waals surface area contributed by atoms with Crippen LogP contribution in [0.15, 0.2) is 60.2 Å². The molecule has 2 aromatic rings. The maximum absolute atomic E-state index is 2.54. The molecule has 0 N–H and O–H groups in total. The third-order valence-corrected chi connectivity index (χ3v) is 13.3. The van der Waals surface area contributed by atoms with E-state index in [4.69, 9.17) is 0 Å². The van der Waals surface area contributed by atoms with Crippen LogP contribution in [0.25, 0.3) is 11.6 Å². The predicted octanol–water partition coefficient (Wildman–Crippen LogP) is 1.17. The van der Waals surface area contributed by atoms with Crippen LogP contribution in [0.5, 0.6) is 0 Å². The standard InChI is InChI=1S/C14H17.C11H9.2ClH.Zr/c1-3-11(4-2)14-10-9-12-7-5-6-8-13(12)14;1-2-4-10-8(3-1)7-9-5-6-11(9)10;;;/h5-10,14H,3-4H2,1-2H3;1-4,7H,5-6H2;2*1H;/q;;;;+2/p-2. The number of hydrogen-bond acceptors (Lipinski definition) is 0. The fraction of sp³-hybridized carbons (Fsp3) is 0.360. The van der Waals surface area contributed by atoms with Crippen LogP contribution in [0.2, 0.25) is 3.12 Å². The number of hydrogen-bond donors (Lipinski definition) is 0. The van der Waals surface area contributed by atoms with Crippen molar-refractivity contribution < 1.29 is 48.0 Å². The number of rotatable bonds is 5. The molecule has 0 saturated heterocycles. The Kier molecular flexibility index (Phi) is 6.80. The topological polar surface area (TPSA) is 0 Å². The average molecular weight is 489 g/mol. The van der Waals surface area contributed by atoms with Crippen LogP contribution in [0, 0.1) is 0 Å². The summed E-state index contributed by atoms with van der Waals surface area (Å²) in [5, 5.41) is 0. The van der Waals surface area contributed by atoms with Gasteiger partial charge in [0, 0.05) is 0 Å². The summed E-state index contributed by atoms with van der Waals surface area (Å²) in [5.41, 5.74) is 9.88. The minimum absolute atomic E-state index is 0. The Bertz CT molecular complexity index is 924. The zero-order valence-electron chi connectivity index (χ0n) is 16.5. The Morgan fingerprint density at radius 1 is 0.893 bits per heavy atom. The maximum Gasteiger partial charge on any atom is -1.00 e. The fourth-order valence-electron chi connectivity index (χ4n) is 5.40. The Morgan fingerprint density at radius 2 is 1.57 bits per heavy atom. The number of benzene rings is 2. The maximum atomic E-state index is 2.54. The van der Waals surface area contributed by atoms with Gasteiger partial charge in [0.25, 0.3) is 0 Å². The summed E-state index contributed by atoms with van der Waals surface area (Å²) in [7, 11) is 0. The van der Waals surface area contributed by atoms with Crippen molar-refractivity contribution in [3.05, 3.63) is 82.4 Å². The zero-order chi connectivity index (χ0) is 17.7. The smallest absolute Gasteiger partial charge is 1.00 e. The second-order valence-electron chi connectivity index (χ2n) is 8.00. The molecule has 0 heterocycles. The monoisotopic (exact) mass is 486 g/mol. The van der Waals surface area contributed by atoms with E-state index < -0.39 is 23.2 Å². The first kappa shape index (κ1) is 22.1. The van der Waals surface area contributed by atoms with Gasteiger partial charge >= 0.3 is 170 Å². The Labute approximate surface area is 193 Å². The quantitative estimate of drug-likeness (QED) is 0.593. The third kappa shape index (κ3) is 3.23. The average Bonchev–Trinajstić information content (AvgIpc) is 3.17. The summed E-state index contributed by atoms with van der Waals surface area (Å²) < 4.78 is 1.34. The molecular formula is C25H26Cl2Zr. The van der Waals surface area contributed by atoms with E-state index in [1.807, 2.05) is 5.57 Å². The van der Waals surface area contributed by atoms with Gasteiger partial charge in [0.15, 0.2) is 0 Å². The largest absolute Gasteiger partial charge is 1.00 e. The molecule has 0 saturated carbocycles. The van der Waals surface area contributed by atoms with Crippen molar-refractivity contribution in [2.45, 2.75) is 52.2 Å². The van der Waals surface area contributed by atoms with E-state index in [-0.39, 0.29) is 24.8 Å². The van der Waals surface area contributed by atoms with Gasteiger partial charge in [0.1, 0.15) is 0 Å². The second-order valence-corrected chi connectivity index (χ2v) is 12.6. The summed E-state index contributed by atoms with van der Waals surface area (Å²) >= 11 is -0.681. The first-order chi connectivity index (χ1) is 12.8. The van der Waals surface area contributed by atoms with E-state index in [0.29, 0.717) is 9.04 Å². The number of allylic oxidation sites excluding steroid dienone is 3. The molecule has 28 heavy (non-hydrogen) atoms. The summed E-state index contributed by atoms with van der Waals surface area (Å²) in [6.07, 6.45) is 10.2. The molecular weight excluding hydrogens is 462 g/mol. The van der Waals surface area contributed by atoms with Gasteiger partial charge in [-0.15, -0.1) is 0 Å². The first-order valence-electron chi connectivity index (χ1n) is 10.1. The summed E-state index contributed by atoms with van der Waals surface area (Å²) in [6.45, 7) is 4.91. The first-order valence-corrected chi connectivity index (χ1v) is 12.8. The Balaban J connectivity index is 0.00000112. The molecule has 144 valence electrons. The van der Waals surface area contributed by atoms with Crippen LogP contribution in [-0.2, 0) is 23.2 Å². The van der Waals surface area contributed by atoms with Crippen molar-refractivity contribution in [2.75, 3.05) is 0 Å². The van der Waals surface area contributed by atoms with Crippen molar-refractivity contribution in [3.8, 4) is 0 Å². The van der Waals surface area contributed by atoms with Gasteiger partial charge in [-0.3, -0.25) is 0 Å². The minimum atomic E-state index is -0.681. The molecule has 2 unspecified atom stereocenters. The van der Waals surface area contributed by atoms with Crippen LogP contribution < -0.4 is 24.8 Å². The van der Waals surface area contributed by atoms with Gasteiger partial charge in [-0.2, -0.15) is 0 Å². The van der Waals surface area contributed by atoms with Gasteiger partial charge < -0.3 is 24.8 Å². The molecule has 0 spiro atoms. The minimum Gasteiger partial charge on any atom is -1.00 e. The van der Waals surface area contributed by atoms with E-state index >= 15 is 0 Å². The van der Waals surface area contributed by atoms with Crippen LogP contribution >= 0.6 is 0 Å². The molecule has 3 aliphatic carbocycles. The van der Waals surface area contributed by atoms with Crippen LogP contribution in [0.3, 0.4) is 0 Å². The van der Waals surface area contributed by atoms with Crippen LogP contribution in [0.4, 0.5) is 0 Å². The molecule has 0 aromatic heterocycles. The van der Waals surface area contributed by atoms with Crippen molar-refractivity contribution >= 4 is 11.6 Å². The molecule has 0 amide bonds. The summed E-state index contributed by atoms with van der Waals surface area (Å²) in [5.74, 6) is 0.636. The van der Waals surface area contributed by atoms with Crippen molar-refractivity contribution in [1.29, 1.82) is 0 Å². The molecule has 0 radical (unpaired) electrons. The molecule has 3 heteroatoms. The molecule has 0 fully saturated rings. The fourth-order valence-corrected chi connectivity index (χ4v) is 11.1.